The molecule has 0 radical (unpaired) electrons. The van der Waals surface area contributed by atoms with Gasteiger partial charge in [-0.05, 0) is 24.3 Å². The van der Waals surface area contributed by atoms with Crippen LogP contribution in [0.3, 0.4) is 0 Å². The largest absolute Gasteiger partial charge is 0.495 e. The first-order valence-corrected chi connectivity index (χ1v) is 6.10. The molecule has 0 aliphatic rings. The molecule has 0 saturated heterocycles. The molecule has 1 heterocycles. The summed E-state index contributed by atoms with van der Waals surface area (Å²) in [6.07, 6.45) is 0. The highest BCUT2D eigenvalue weighted by Crippen LogP contribution is 2.19. The Bertz CT molecular complexity index is 893. The Morgan fingerprint density at radius 2 is 1.70 bits per heavy atom. The average molecular weight is 268 g/mol. The third-order valence-corrected chi connectivity index (χ3v) is 3.13. The lowest BCUT2D eigenvalue weighted by Crippen LogP contribution is -2.33. The first-order valence-electron chi connectivity index (χ1n) is 6.10. The van der Waals surface area contributed by atoms with Crippen LogP contribution in [0.4, 0.5) is 0 Å². The number of aromatic amines is 1. The maximum absolute atomic E-state index is 12.5. The van der Waals surface area contributed by atoms with Crippen LogP contribution in [0, 0.1) is 0 Å². The standard InChI is InChI=1S/C15H12N2O3/c1-20-13-9-5-4-8-12(13)17-14(18)10-6-2-3-7-11(10)16-15(17)19/h2-9H,1H3,(H,16,19). The average Bonchev–Trinajstić information content (AvgIpc) is 2.48. The SMILES string of the molecule is COc1ccccc1-n1c(=O)[nH]c2ccccc2c1=O. The first kappa shape index (κ1) is 12.2. The van der Waals surface area contributed by atoms with E-state index >= 15 is 0 Å². The molecule has 100 valence electrons. The predicted octanol–water partition coefficient (Wildman–Crippen LogP) is 1.69. The molecule has 0 saturated carbocycles. The van der Waals surface area contributed by atoms with Crippen molar-refractivity contribution in [2.75, 3.05) is 7.11 Å². The normalized spacial score (nSPS) is 10.7. The smallest absolute Gasteiger partial charge is 0.333 e. The maximum Gasteiger partial charge on any atom is 0.333 e. The topological polar surface area (TPSA) is 64.1 Å². The number of aromatic nitrogens is 2. The Labute approximate surface area is 114 Å². The van der Waals surface area contributed by atoms with E-state index in [-0.39, 0.29) is 5.56 Å². The fraction of sp³-hybridized carbons (Fsp3) is 0.0667. The summed E-state index contributed by atoms with van der Waals surface area (Å²) in [5, 5.41) is 0.456. The van der Waals surface area contributed by atoms with Gasteiger partial charge in [0.25, 0.3) is 5.56 Å². The minimum absolute atomic E-state index is 0.367. The molecule has 0 unspecified atom stereocenters. The molecular formula is C15H12N2O3. The second-order valence-corrected chi connectivity index (χ2v) is 4.29. The van der Waals surface area contributed by atoms with Crippen molar-refractivity contribution in [3.8, 4) is 11.4 Å². The molecule has 1 aromatic heterocycles. The molecule has 0 atom stereocenters. The van der Waals surface area contributed by atoms with Crippen LogP contribution in [0.2, 0.25) is 0 Å². The van der Waals surface area contributed by atoms with Crippen LogP contribution in [0.1, 0.15) is 0 Å². The number of nitrogens with one attached hydrogen (secondary N) is 1. The third kappa shape index (κ3) is 1.80. The summed E-state index contributed by atoms with van der Waals surface area (Å²) in [4.78, 5) is 27.4. The highest BCUT2D eigenvalue weighted by Gasteiger charge is 2.12. The number of hydrogen-bond donors (Lipinski definition) is 1. The van der Waals surface area contributed by atoms with E-state index in [1.165, 1.54) is 7.11 Å². The Hall–Kier alpha value is -2.82. The van der Waals surface area contributed by atoms with Gasteiger partial charge in [-0.15, -0.1) is 0 Å². The zero-order valence-corrected chi connectivity index (χ0v) is 10.8. The third-order valence-electron chi connectivity index (χ3n) is 3.13. The number of ether oxygens (including phenoxy) is 1. The minimum Gasteiger partial charge on any atom is -0.495 e. The molecule has 3 aromatic rings. The fourth-order valence-electron chi connectivity index (χ4n) is 2.20. The summed E-state index contributed by atoms with van der Waals surface area (Å²) in [5.74, 6) is 0.468. The Balaban J connectivity index is 2.43. The van der Waals surface area contributed by atoms with E-state index in [4.69, 9.17) is 4.74 Å². The molecule has 1 N–H and O–H groups in total. The lowest BCUT2D eigenvalue weighted by atomic mass is 10.2. The first-order chi connectivity index (χ1) is 9.72. The van der Waals surface area contributed by atoms with E-state index < -0.39 is 5.69 Å². The predicted molar refractivity (Wildman–Crippen MR) is 76.7 cm³/mol. The number of nitrogens with zero attached hydrogens (tertiary/aromatic N) is 1. The van der Waals surface area contributed by atoms with Gasteiger partial charge >= 0.3 is 5.69 Å². The van der Waals surface area contributed by atoms with Gasteiger partial charge in [-0.3, -0.25) is 4.79 Å². The zero-order chi connectivity index (χ0) is 14.1. The Morgan fingerprint density at radius 3 is 2.50 bits per heavy atom. The summed E-state index contributed by atoms with van der Waals surface area (Å²) >= 11 is 0. The van der Waals surface area contributed by atoms with Crippen LogP contribution < -0.4 is 16.0 Å². The lowest BCUT2D eigenvalue weighted by molar-refractivity contribution is 0.412. The van der Waals surface area contributed by atoms with Crippen LogP contribution in [0.5, 0.6) is 5.75 Å². The quantitative estimate of drug-likeness (QED) is 0.769. The monoisotopic (exact) mass is 268 g/mol. The van der Waals surface area contributed by atoms with E-state index in [0.29, 0.717) is 22.3 Å². The van der Waals surface area contributed by atoms with Crippen molar-refractivity contribution >= 4 is 10.9 Å². The maximum atomic E-state index is 12.5. The number of benzene rings is 2. The van der Waals surface area contributed by atoms with Crippen molar-refractivity contribution in [1.82, 2.24) is 9.55 Å². The van der Waals surface area contributed by atoms with Gasteiger partial charge in [-0.25, -0.2) is 9.36 Å². The van der Waals surface area contributed by atoms with E-state index in [1.54, 1.807) is 48.5 Å². The van der Waals surface area contributed by atoms with Crippen molar-refractivity contribution in [2.45, 2.75) is 0 Å². The molecule has 3 rings (SSSR count). The van der Waals surface area contributed by atoms with Crippen molar-refractivity contribution in [2.24, 2.45) is 0 Å². The second kappa shape index (κ2) is 4.70. The summed E-state index contributed by atoms with van der Waals surface area (Å²) in [6, 6.07) is 13.8. The molecule has 0 bridgehead atoms. The van der Waals surface area contributed by atoms with Crippen LogP contribution in [0.15, 0.2) is 58.1 Å². The molecule has 0 aliphatic carbocycles. The molecule has 0 amide bonds. The number of fused-ring (bicyclic) bond motifs is 1. The number of hydrogen-bond acceptors (Lipinski definition) is 3. The van der Waals surface area contributed by atoms with Crippen molar-refractivity contribution in [3.05, 3.63) is 69.4 Å². The molecule has 0 aliphatic heterocycles. The highest BCUT2D eigenvalue weighted by molar-refractivity contribution is 5.77. The zero-order valence-electron chi connectivity index (χ0n) is 10.8. The number of rotatable bonds is 2. The molecular weight excluding hydrogens is 256 g/mol. The van der Waals surface area contributed by atoms with Crippen LogP contribution in [0.25, 0.3) is 16.6 Å². The molecule has 0 spiro atoms. The summed E-state index contributed by atoms with van der Waals surface area (Å²) in [6.45, 7) is 0. The van der Waals surface area contributed by atoms with E-state index in [1.807, 2.05) is 0 Å². The molecule has 5 heteroatoms. The van der Waals surface area contributed by atoms with Crippen LogP contribution >= 0.6 is 0 Å². The molecule has 5 nitrogen and oxygen atoms in total. The minimum atomic E-state index is -0.488. The van der Waals surface area contributed by atoms with Gasteiger partial charge in [0.15, 0.2) is 0 Å². The van der Waals surface area contributed by atoms with Gasteiger partial charge in [0.05, 0.1) is 23.7 Å². The summed E-state index contributed by atoms with van der Waals surface area (Å²) in [5.41, 5.74) is 0.0905. The highest BCUT2D eigenvalue weighted by atomic mass is 16.5. The number of para-hydroxylation sites is 3. The lowest BCUT2D eigenvalue weighted by Gasteiger charge is -2.10. The van der Waals surface area contributed by atoms with Crippen molar-refractivity contribution in [3.63, 3.8) is 0 Å². The van der Waals surface area contributed by atoms with Gasteiger partial charge in [-0.1, -0.05) is 24.3 Å². The number of H-pyrrole nitrogens is 1. The van der Waals surface area contributed by atoms with Gasteiger partial charge in [0.2, 0.25) is 0 Å². The Morgan fingerprint density at radius 1 is 1.00 bits per heavy atom. The van der Waals surface area contributed by atoms with Crippen molar-refractivity contribution in [1.29, 1.82) is 0 Å². The molecule has 20 heavy (non-hydrogen) atoms. The number of methoxy groups -OCH3 is 1. The van der Waals surface area contributed by atoms with E-state index in [2.05, 4.69) is 4.98 Å². The summed E-state index contributed by atoms with van der Waals surface area (Å²) in [7, 11) is 1.50. The van der Waals surface area contributed by atoms with Crippen molar-refractivity contribution < 1.29 is 4.74 Å². The summed E-state index contributed by atoms with van der Waals surface area (Å²) < 4.78 is 6.29. The van der Waals surface area contributed by atoms with Gasteiger partial charge in [-0.2, -0.15) is 0 Å². The van der Waals surface area contributed by atoms with Crippen LogP contribution in [-0.4, -0.2) is 16.7 Å². The second-order valence-electron chi connectivity index (χ2n) is 4.29. The van der Waals surface area contributed by atoms with Gasteiger partial charge < -0.3 is 9.72 Å². The van der Waals surface area contributed by atoms with E-state index in [9.17, 15) is 9.59 Å². The Kier molecular flexibility index (Phi) is 2.87. The van der Waals surface area contributed by atoms with Gasteiger partial charge in [0.1, 0.15) is 5.75 Å². The molecule has 2 aromatic carbocycles. The van der Waals surface area contributed by atoms with Gasteiger partial charge in [0, 0.05) is 0 Å². The fourth-order valence-corrected chi connectivity index (χ4v) is 2.20. The van der Waals surface area contributed by atoms with Crippen LogP contribution in [-0.2, 0) is 0 Å². The van der Waals surface area contributed by atoms with E-state index in [0.717, 1.165) is 4.57 Å². The molecule has 0 fully saturated rings.